The van der Waals surface area contributed by atoms with Gasteiger partial charge >= 0.3 is 5.97 Å². The van der Waals surface area contributed by atoms with Gasteiger partial charge in [-0.15, -0.1) is 0 Å². The third-order valence-electron chi connectivity index (χ3n) is 3.52. The Morgan fingerprint density at radius 2 is 2.20 bits per heavy atom. The molecule has 2 aliphatic rings. The van der Waals surface area contributed by atoms with Crippen LogP contribution in [0, 0.1) is 11.3 Å². The van der Waals surface area contributed by atoms with Gasteiger partial charge in [0.15, 0.2) is 0 Å². The van der Waals surface area contributed by atoms with Crippen LogP contribution in [0.25, 0.3) is 0 Å². The van der Waals surface area contributed by atoms with E-state index >= 15 is 0 Å². The third kappa shape index (κ3) is 1.97. The molecule has 2 N–H and O–H groups in total. The van der Waals surface area contributed by atoms with E-state index in [0.29, 0.717) is 13.0 Å². The summed E-state index contributed by atoms with van der Waals surface area (Å²) in [4.78, 5) is 11.2. The maximum absolute atomic E-state index is 12.8. The number of nitrogens with one attached hydrogen (secondary N) is 1. The van der Waals surface area contributed by atoms with E-state index in [2.05, 4.69) is 5.32 Å². The molecule has 1 saturated carbocycles. The largest absolute Gasteiger partial charge is 0.481 e. The Balaban J connectivity index is 2.03. The van der Waals surface area contributed by atoms with Crippen molar-refractivity contribution in [3.63, 3.8) is 0 Å². The van der Waals surface area contributed by atoms with Crippen LogP contribution in [0.3, 0.4) is 0 Å². The molecule has 2 fully saturated rings. The fourth-order valence-electron chi connectivity index (χ4n) is 2.37. The van der Waals surface area contributed by atoms with Crippen LogP contribution < -0.4 is 5.32 Å². The second-order valence-electron chi connectivity index (χ2n) is 4.73. The molecule has 0 bridgehead atoms. The van der Waals surface area contributed by atoms with Gasteiger partial charge in [-0.25, -0.2) is 8.78 Å². The molecule has 2 atom stereocenters. The Morgan fingerprint density at radius 3 is 2.60 bits per heavy atom. The average Bonchev–Trinajstić information content (AvgIpc) is 2.74. The quantitative estimate of drug-likeness (QED) is 0.756. The van der Waals surface area contributed by atoms with Crippen LogP contribution in [-0.4, -0.2) is 30.1 Å². The standard InChI is InChI=1S/C10H15F2NO2/c11-10(12)5-7(10)4-9(8(14)15)2-1-3-13-6-9/h7,13H,1-6H2,(H,14,15). The van der Waals surface area contributed by atoms with Gasteiger partial charge < -0.3 is 10.4 Å². The Hall–Kier alpha value is -0.710. The molecule has 0 spiro atoms. The summed E-state index contributed by atoms with van der Waals surface area (Å²) in [5.74, 6) is -4.26. The third-order valence-corrected chi connectivity index (χ3v) is 3.52. The van der Waals surface area contributed by atoms with Gasteiger partial charge in [-0.1, -0.05) is 0 Å². The van der Waals surface area contributed by atoms with E-state index in [1.165, 1.54) is 0 Å². The minimum atomic E-state index is -2.61. The molecule has 0 aromatic rings. The van der Waals surface area contributed by atoms with Crippen LogP contribution in [0.15, 0.2) is 0 Å². The van der Waals surface area contributed by atoms with Crippen LogP contribution in [0.2, 0.25) is 0 Å². The van der Waals surface area contributed by atoms with Crippen LogP contribution in [-0.2, 0) is 4.79 Å². The van der Waals surface area contributed by atoms with E-state index in [1.54, 1.807) is 0 Å². The molecule has 1 aliphatic heterocycles. The Bertz CT molecular complexity index is 275. The highest BCUT2D eigenvalue weighted by Gasteiger charge is 2.60. The van der Waals surface area contributed by atoms with Crippen molar-refractivity contribution in [2.75, 3.05) is 13.1 Å². The lowest BCUT2D eigenvalue weighted by atomic mass is 9.76. The van der Waals surface area contributed by atoms with Gasteiger partial charge in [0.25, 0.3) is 5.92 Å². The summed E-state index contributed by atoms with van der Waals surface area (Å²) in [6.45, 7) is 1.12. The number of hydrogen-bond acceptors (Lipinski definition) is 2. The van der Waals surface area contributed by atoms with Crippen LogP contribution >= 0.6 is 0 Å². The maximum Gasteiger partial charge on any atom is 0.310 e. The fraction of sp³-hybridized carbons (Fsp3) is 0.900. The topological polar surface area (TPSA) is 49.3 Å². The summed E-state index contributed by atoms with van der Waals surface area (Å²) in [6, 6.07) is 0. The maximum atomic E-state index is 12.8. The Morgan fingerprint density at radius 1 is 1.53 bits per heavy atom. The van der Waals surface area contributed by atoms with Crippen molar-refractivity contribution in [2.24, 2.45) is 11.3 Å². The molecule has 15 heavy (non-hydrogen) atoms. The molecule has 1 heterocycles. The van der Waals surface area contributed by atoms with Gasteiger partial charge in [0.05, 0.1) is 5.41 Å². The summed E-state index contributed by atoms with van der Waals surface area (Å²) in [7, 11) is 0. The first-order valence-electron chi connectivity index (χ1n) is 5.28. The summed E-state index contributed by atoms with van der Waals surface area (Å²) < 4.78 is 25.5. The van der Waals surface area contributed by atoms with E-state index in [-0.39, 0.29) is 12.8 Å². The summed E-state index contributed by atoms with van der Waals surface area (Å²) >= 11 is 0. The monoisotopic (exact) mass is 219 g/mol. The van der Waals surface area contributed by atoms with E-state index in [4.69, 9.17) is 5.11 Å². The highest BCUT2D eigenvalue weighted by Crippen LogP contribution is 2.54. The molecular weight excluding hydrogens is 204 g/mol. The predicted molar refractivity (Wildman–Crippen MR) is 49.8 cm³/mol. The minimum Gasteiger partial charge on any atom is -0.481 e. The average molecular weight is 219 g/mol. The highest BCUT2D eigenvalue weighted by molar-refractivity contribution is 5.75. The lowest BCUT2D eigenvalue weighted by Gasteiger charge is -2.33. The number of carbonyl (C=O) groups is 1. The first-order chi connectivity index (χ1) is 6.96. The van der Waals surface area contributed by atoms with Crippen molar-refractivity contribution in [3.05, 3.63) is 0 Å². The first kappa shape index (κ1) is 10.8. The molecule has 0 radical (unpaired) electrons. The summed E-state index contributed by atoms with van der Waals surface area (Å²) in [5, 5.41) is 12.1. The number of aliphatic carboxylic acids is 1. The molecule has 0 aromatic carbocycles. The van der Waals surface area contributed by atoms with E-state index in [1.807, 2.05) is 0 Å². The molecule has 0 aromatic heterocycles. The van der Waals surface area contributed by atoms with Crippen molar-refractivity contribution in [1.82, 2.24) is 5.32 Å². The molecule has 0 amide bonds. The second kappa shape index (κ2) is 3.40. The molecule has 86 valence electrons. The van der Waals surface area contributed by atoms with Gasteiger partial charge in [0, 0.05) is 18.9 Å². The van der Waals surface area contributed by atoms with Gasteiger partial charge in [0.2, 0.25) is 0 Å². The molecule has 1 aliphatic carbocycles. The Kier molecular flexibility index (Phi) is 2.45. The lowest BCUT2D eigenvalue weighted by molar-refractivity contribution is -0.151. The normalized spacial score (nSPS) is 38.7. The van der Waals surface area contributed by atoms with Crippen LogP contribution in [0.1, 0.15) is 25.7 Å². The van der Waals surface area contributed by atoms with Gasteiger partial charge in [-0.2, -0.15) is 0 Å². The zero-order valence-electron chi connectivity index (χ0n) is 8.43. The van der Waals surface area contributed by atoms with E-state index in [0.717, 1.165) is 13.0 Å². The highest BCUT2D eigenvalue weighted by atomic mass is 19.3. The number of carboxylic acid groups (broad SMARTS) is 1. The first-order valence-corrected chi connectivity index (χ1v) is 5.28. The summed E-state index contributed by atoms with van der Waals surface area (Å²) in [5.41, 5.74) is -0.956. The number of halogens is 2. The number of carboxylic acids is 1. The van der Waals surface area contributed by atoms with Crippen molar-refractivity contribution in [1.29, 1.82) is 0 Å². The number of piperidine rings is 1. The predicted octanol–water partition coefficient (Wildman–Crippen LogP) is 1.49. The van der Waals surface area contributed by atoms with Crippen molar-refractivity contribution in [2.45, 2.75) is 31.6 Å². The molecule has 2 unspecified atom stereocenters. The SMILES string of the molecule is O=C(O)C1(CC2CC2(F)F)CCCNC1. The van der Waals surface area contributed by atoms with Crippen LogP contribution in [0.5, 0.6) is 0 Å². The zero-order chi connectivity index (χ0) is 11.1. The van der Waals surface area contributed by atoms with Gasteiger partial charge in [-0.3, -0.25) is 4.79 Å². The van der Waals surface area contributed by atoms with E-state index in [9.17, 15) is 13.6 Å². The zero-order valence-corrected chi connectivity index (χ0v) is 8.43. The van der Waals surface area contributed by atoms with Gasteiger partial charge in [0.1, 0.15) is 0 Å². The molecule has 1 saturated heterocycles. The smallest absolute Gasteiger partial charge is 0.310 e. The van der Waals surface area contributed by atoms with Crippen molar-refractivity contribution in [3.8, 4) is 0 Å². The minimum absolute atomic E-state index is 0.113. The summed E-state index contributed by atoms with van der Waals surface area (Å²) in [6.07, 6.45) is 1.25. The van der Waals surface area contributed by atoms with E-state index < -0.39 is 23.2 Å². The number of alkyl halides is 2. The number of hydrogen-bond donors (Lipinski definition) is 2. The van der Waals surface area contributed by atoms with Crippen molar-refractivity contribution < 1.29 is 18.7 Å². The molecule has 2 rings (SSSR count). The molecular formula is C10H15F2NO2. The van der Waals surface area contributed by atoms with Crippen molar-refractivity contribution >= 4 is 5.97 Å². The molecule has 3 nitrogen and oxygen atoms in total. The Labute approximate surface area is 86.8 Å². The molecule has 5 heteroatoms. The number of rotatable bonds is 3. The van der Waals surface area contributed by atoms with Gasteiger partial charge in [-0.05, 0) is 25.8 Å². The lowest BCUT2D eigenvalue weighted by Crippen LogP contribution is -2.46. The fourth-order valence-corrected chi connectivity index (χ4v) is 2.37. The second-order valence-corrected chi connectivity index (χ2v) is 4.73. The van der Waals surface area contributed by atoms with Crippen LogP contribution in [0.4, 0.5) is 8.78 Å².